The van der Waals surface area contributed by atoms with Crippen LogP contribution in [0.5, 0.6) is 0 Å². The van der Waals surface area contributed by atoms with Crippen LogP contribution in [0.2, 0.25) is 10.0 Å². The molecule has 40 heavy (non-hydrogen) atoms. The van der Waals surface area contributed by atoms with Crippen LogP contribution in [0.4, 0.5) is 21.5 Å². The standard InChI is InChI=1S/C28H25Cl2FN8O/c1-16(4-3-7-33-2)26(25-13-39(38-37-25)20-14-40-15-20)36-19-8-21-27(35-18-5-6-24(31)22(29)9-18)17(11-32)12-34-28(21)23(30)10-19/h3-10,12-13,20,26,36-38H,1,14-15H2,2H3,(H,34,35)/b4-3-,33-7?/t26-/m0/s1. The van der Waals surface area contributed by atoms with Gasteiger partial charge in [0.1, 0.15) is 11.9 Å². The van der Waals surface area contributed by atoms with Crippen molar-refractivity contribution in [3.8, 4) is 6.07 Å². The second-order valence-electron chi connectivity index (χ2n) is 9.11. The van der Waals surface area contributed by atoms with Gasteiger partial charge in [0, 0.05) is 42.4 Å². The third-order valence-electron chi connectivity index (χ3n) is 6.39. The van der Waals surface area contributed by atoms with E-state index in [1.807, 2.05) is 29.4 Å². The zero-order valence-corrected chi connectivity index (χ0v) is 22.9. The smallest absolute Gasteiger partial charge is 0.141 e. The number of hydrogen-bond donors (Lipinski definition) is 4. The molecule has 0 spiro atoms. The van der Waals surface area contributed by atoms with Crippen LogP contribution in [-0.2, 0) is 4.74 Å². The monoisotopic (exact) mass is 578 g/mol. The predicted octanol–water partition coefficient (Wildman–Crippen LogP) is 5.45. The Balaban J connectivity index is 1.54. The molecule has 0 radical (unpaired) electrons. The molecule has 0 bridgehead atoms. The molecule has 3 heterocycles. The zero-order valence-electron chi connectivity index (χ0n) is 21.4. The van der Waals surface area contributed by atoms with Crippen molar-refractivity contribution in [2.45, 2.75) is 12.1 Å². The average molecular weight is 579 g/mol. The van der Waals surface area contributed by atoms with Crippen LogP contribution in [0, 0.1) is 17.1 Å². The summed E-state index contributed by atoms with van der Waals surface area (Å²) < 4.78 is 19.1. The Labute approximate surface area is 240 Å². The summed E-state index contributed by atoms with van der Waals surface area (Å²) in [7, 11) is 1.69. The summed E-state index contributed by atoms with van der Waals surface area (Å²) in [4.78, 5) is 8.40. The molecule has 9 nitrogen and oxygen atoms in total. The van der Waals surface area contributed by atoms with Gasteiger partial charge in [-0.2, -0.15) is 5.26 Å². The molecule has 1 saturated heterocycles. The van der Waals surface area contributed by atoms with Crippen molar-refractivity contribution in [2.75, 3.05) is 30.9 Å². The molecule has 4 N–H and O–H groups in total. The van der Waals surface area contributed by atoms with E-state index in [1.165, 1.54) is 24.4 Å². The van der Waals surface area contributed by atoms with Gasteiger partial charge in [-0.15, -0.1) is 5.53 Å². The van der Waals surface area contributed by atoms with Crippen molar-refractivity contribution in [2.24, 2.45) is 4.99 Å². The number of pyridine rings is 1. The maximum Gasteiger partial charge on any atom is 0.141 e. The fourth-order valence-corrected chi connectivity index (χ4v) is 4.69. The molecule has 1 atom stereocenters. The SMILES string of the molecule is C=C(/C=C\C=NC)[C@H](Nc1cc(Cl)c2ncc(C#N)c(Nc3ccc(F)c(Cl)c3)c2c1)C1=CN(C2COC2)NN1. The summed E-state index contributed by atoms with van der Waals surface area (Å²) in [5, 5.41) is 19.4. The van der Waals surface area contributed by atoms with Crippen molar-refractivity contribution in [3.63, 3.8) is 0 Å². The first-order valence-corrected chi connectivity index (χ1v) is 13.0. The molecular weight excluding hydrogens is 554 g/mol. The van der Waals surface area contributed by atoms with E-state index in [9.17, 15) is 9.65 Å². The second kappa shape index (κ2) is 11.9. The van der Waals surface area contributed by atoms with Crippen LogP contribution in [0.1, 0.15) is 5.56 Å². The van der Waals surface area contributed by atoms with Gasteiger partial charge >= 0.3 is 0 Å². The Hall–Kier alpha value is -4.14. The highest BCUT2D eigenvalue weighted by Gasteiger charge is 2.30. The highest BCUT2D eigenvalue weighted by Crippen LogP contribution is 2.36. The number of aromatic nitrogens is 1. The van der Waals surface area contributed by atoms with Crippen LogP contribution < -0.4 is 21.6 Å². The minimum absolute atomic E-state index is 0.0433. The maximum atomic E-state index is 13.8. The summed E-state index contributed by atoms with van der Waals surface area (Å²) in [5.74, 6) is -0.542. The number of hydrogen-bond acceptors (Lipinski definition) is 9. The largest absolute Gasteiger partial charge is 0.377 e. The maximum absolute atomic E-state index is 13.8. The van der Waals surface area contributed by atoms with Gasteiger partial charge in [0.2, 0.25) is 0 Å². The molecule has 3 aromatic rings. The summed E-state index contributed by atoms with van der Waals surface area (Å²) in [6, 6.07) is 9.85. The molecule has 5 rings (SSSR count). The Kier molecular flexibility index (Phi) is 8.19. The van der Waals surface area contributed by atoms with E-state index in [1.54, 1.807) is 19.3 Å². The van der Waals surface area contributed by atoms with Crippen LogP contribution >= 0.6 is 23.2 Å². The number of nitrogens with one attached hydrogen (secondary N) is 4. The minimum Gasteiger partial charge on any atom is -0.377 e. The van der Waals surface area contributed by atoms with Crippen LogP contribution in [0.3, 0.4) is 0 Å². The summed E-state index contributed by atoms with van der Waals surface area (Å²) in [6.45, 7) is 5.53. The highest BCUT2D eigenvalue weighted by atomic mass is 35.5. The van der Waals surface area contributed by atoms with E-state index in [0.717, 1.165) is 11.3 Å². The van der Waals surface area contributed by atoms with Crippen molar-refractivity contribution in [3.05, 3.63) is 94.2 Å². The number of rotatable bonds is 9. The molecule has 204 valence electrons. The molecule has 2 aliphatic heterocycles. The Morgan fingerprint density at radius 3 is 2.80 bits per heavy atom. The van der Waals surface area contributed by atoms with Gasteiger partial charge in [-0.3, -0.25) is 15.0 Å². The number of ether oxygens (including phenoxy) is 1. The highest BCUT2D eigenvalue weighted by molar-refractivity contribution is 6.36. The Morgan fingerprint density at radius 1 is 1.30 bits per heavy atom. The normalized spacial score (nSPS) is 16.1. The number of fused-ring (bicyclic) bond motifs is 1. The molecule has 0 unspecified atom stereocenters. The molecule has 1 fully saturated rings. The number of hydrazine groups is 2. The topological polar surface area (TPSA) is 110 Å². The van der Waals surface area contributed by atoms with E-state index in [0.29, 0.717) is 46.2 Å². The van der Waals surface area contributed by atoms with Crippen LogP contribution in [-0.4, -0.2) is 48.6 Å². The lowest BCUT2D eigenvalue weighted by Crippen LogP contribution is -2.52. The van der Waals surface area contributed by atoms with Gasteiger partial charge in [-0.05, 0) is 42.0 Å². The first-order chi connectivity index (χ1) is 19.4. The van der Waals surface area contributed by atoms with E-state index in [-0.39, 0.29) is 22.7 Å². The van der Waals surface area contributed by atoms with Gasteiger partial charge in [0.15, 0.2) is 0 Å². The predicted molar refractivity (Wildman–Crippen MR) is 157 cm³/mol. The van der Waals surface area contributed by atoms with Crippen LogP contribution in [0.15, 0.2) is 77.7 Å². The summed E-state index contributed by atoms with van der Waals surface area (Å²) >= 11 is 12.7. The quantitative estimate of drug-likeness (QED) is 0.196. The van der Waals surface area contributed by atoms with Crippen LogP contribution in [0.25, 0.3) is 10.9 Å². The van der Waals surface area contributed by atoms with Crippen molar-refractivity contribution in [1.29, 1.82) is 5.26 Å². The lowest BCUT2D eigenvalue weighted by Gasteiger charge is -2.33. The number of benzene rings is 2. The van der Waals surface area contributed by atoms with E-state index < -0.39 is 5.82 Å². The number of anilines is 3. The lowest BCUT2D eigenvalue weighted by atomic mass is 10.0. The molecular formula is C28H25Cl2FN8O. The van der Waals surface area contributed by atoms with Gasteiger partial charge in [-0.1, -0.05) is 35.9 Å². The third-order valence-corrected chi connectivity index (χ3v) is 6.97. The fraction of sp³-hybridized carbons (Fsp3) is 0.179. The third kappa shape index (κ3) is 5.73. The molecule has 0 amide bonds. The summed E-state index contributed by atoms with van der Waals surface area (Å²) in [5.41, 5.74) is 10.4. The summed E-state index contributed by atoms with van der Waals surface area (Å²) in [6.07, 6.45) is 8.77. The van der Waals surface area contributed by atoms with E-state index in [2.05, 4.69) is 44.2 Å². The number of halogens is 3. The fourth-order valence-electron chi connectivity index (χ4n) is 4.24. The second-order valence-corrected chi connectivity index (χ2v) is 9.92. The number of aliphatic imine (C=N–C) groups is 1. The minimum atomic E-state index is -0.542. The van der Waals surface area contributed by atoms with Crippen molar-refractivity contribution >= 4 is 57.4 Å². The zero-order chi connectivity index (χ0) is 28.2. The number of allylic oxidation sites excluding steroid dienone is 1. The Bertz CT molecular complexity index is 1600. The first-order valence-electron chi connectivity index (χ1n) is 12.3. The number of nitrogens with zero attached hydrogens (tertiary/aromatic N) is 4. The van der Waals surface area contributed by atoms with E-state index in [4.69, 9.17) is 27.9 Å². The molecule has 2 aliphatic rings. The molecule has 0 saturated carbocycles. The molecule has 12 heteroatoms. The van der Waals surface area contributed by atoms with E-state index >= 15 is 0 Å². The van der Waals surface area contributed by atoms with Gasteiger partial charge < -0.3 is 20.8 Å². The Morgan fingerprint density at radius 2 is 2.10 bits per heavy atom. The molecule has 2 aromatic carbocycles. The average Bonchev–Trinajstić information content (AvgIpc) is 3.37. The lowest BCUT2D eigenvalue weighted by molar-refractivity contribution is -0.0635. The van der Waals surface area contributed by atoms with Gasteiger partial charge in [0.05, 0.1) is 57.8 Å². The van der Waals surface area contributed by atoms with Gasteiger partial charge in [0.25, 0.3) is 0 Å². The van der Waals surface area contributed by atoms with Gasteiger partial charge in [-0.25, -0.2) is 4.39 Å². The van der Waals surface area contributed by atoms with Crippen molar-refractivity contribution < 1.29 is 9.13 Å². The molecule has 0 aliphatic carbocycles. The molecule has 1 aromatic heterocycles. The first kappa shape index (κ1) is 27.4. The van der Waals surface area contributed by atoms with Crippen molar-refractivity contribution in [1.82, 2.24) is 21.0 Å². The number of nitriles is 1.